The molecule has 2 aromatic carbocycles. The first-order chi connectivity index (χ1) is 11.1. The van der Waals surface area contributed by atoms with E-state index in [2.05, 4.69) is 0 Å². The van der Waals surface area contributed by atoms with Crippen molar-refractivity contribution < 1.29 is 14.3 Å². The van der Waals surface area contributed by atoms with Crippen molar-refractivity contribution in [2.24, 2.45) is 0 Å². The fourth-order valence-electron chi connectivity index (χ4n) is 2.51. The van der Waals surface area contributed by atoms with E-state index in [-0.39, 0.29) is 12.4 Å². The minimum atomic E-state index is -0.0122. The van der Waals surface area contributed by atoms with E-state index in [9.17, 15) is 4.79 Å². The van der Waals surface area contributed by atoms with Gasteiger partial charge in [-0.05, 0) is 42.0 Å². The third kappa shape index (κ3) is 3.06. The van der Waals surface area contributed by atoms with Crippen LogP contribution in [-0.4, -0.2) is 33.6 Å². The number of Topliss-reactive ketones (excluding diaryl/α,β-unsaturated/α-hetero) is 1. The molecule has 1 aliphatic rings. The number of anilines is 1. The van der Waals surface area contributed by atoms with Gasteiger partial charge in [-0.3, -0.25) is 4.79 Å². The van der Waals surface area contributed by atoms with Gasteiger partial charge >= 0.3 is 0 Å². The molecular weight excluding hydrogens is 290 g/mol. The Morgan fingerprint density at radius 1 is 1.13 bits per heavy atom. The van der Waals surface area contributed by atoms with E-state index < -0.39 is 0 Å². The van der Waals surface area contributed by atoms with Gasteiger partial charge in [0.2, 0.25) is 0 Å². The van der Waals surface area contributed by atoms with Crippen LogP contribution in [0.25, 0.3) is 6.08 Å². The lowest BCUT2D eigenvalue weighted by Gasteiger charge is -2.19. The molecule has 1 aliphatic heterocycles. The molecule has 0 aliphatic carbocycles. The van der Waals surface area contributed by atoms with Gasteiger partial charge in [0, 0.05) is 25.4 Å². The Labute approximate surface area is 135 Å². The molecule has 3 rings (SSSR count). The summed E-state index contributed by atoms with van der Waals surface area (Å²) in [6.45, 7) is 0.285. The normalized spacial score (nSPS) is 15.1. The van der Waals surface area contributed by atoms with Crippen molar-refractivity contribution in [2.45, 2.75) is 0 Å². The Hall–Kier alpha value is -2.75. The summed E-state index contributed by atoms with van der Waals surface area (Å²) in [4.78, 5) is 14.7. The van der Waals surface area contributed by atoms with Crippen LogP contribution in [0.2, 0.25) is 0 Å². The molecule has 23 heavy (non-hydrogen) atoms. The summed E-state index contributed by atoms with van der Waals surface area (Å²) in [5.41, 5.74) is 3.29. The number of hydrogen-bond donors (Lipinski definition) is 0. The van der Waals surface area contributed by atoms with E-state index in [1.54, 1.807) is 25.3 Å². The highest BCUT2D eigenvalue weighted by atomic mass is 16.5. The molecule has 0 amide bonds. The van der Waals surface area contributed by atoms with Crippen molar-refractivity contribution in [3.63, 3.8) is 0 Å². The fraction of sp³-hybridized carbons (Fsp3) is 0.211. The number of ketones is 1. The van der Waals surface area contributed by atoms with Crippen molar-refractivity contribution in [2.75, 3.05) is 32.7 Å². The van der Waals surface area contributed by atoms with Gasteiger partial charge in [-0.1, -0.05) is 12.1 Å². The summed E-state index contributed by atoms with van der Waals surface area (Å²) in [5.74, 6) is 1.25. The van der Waals surface area contributed by atoms with Crippen molar-refractivity contribution in [3.05, 3.63) is 59.2 Å². The lowest BCUT2D eigenvalue weighted by molar-refractivity contribution is 0.100. The number of nitrogens with zero attached hydrogens (tertiary/aromatic N) is 1. The molecule has 0 saturated heterocycles. The second-order valence-corrected chi connectivity index (χ2v) is 5.64. The summed E-state index contributed by atoms with van der Waals surface area (Å²) in [5, 5.41) is 0. The molecule has 0 unspecified atom stereocenters. The van der Waals surface area contributed by atoms with Crippen LogP contribution in [0.4, 0.5) is 5.69 Å². The van der Waals surface area contributed by atoms with Crippen molar-refractivity contribution >= 4 is 17.5 Å². The summed E-state index contributed by atoms with van der Waals surface area (Å²) in [6, 6.07) is 13.3. The summed E-state index contributed by atoms with van der Waals surface area (Å²) in [6.07, 6.45) is 1.88. The minimum Gasteiger partial charge on any atom is -0.497 e. The van der Waals surface area contributed by atoms with E-state index in [1.165, 1.54) is 0 Å². The molecule has 4 heteroatoms. The quantitative estimate of drug-likeness (QED) is 0.814. The van der Waals surface area contributed by atoms with Gasteiger partial charge in [-0.25, -0.2) is 0 Å². The van der Waals surface area contributed by atoms with Crippen LogP contribution in [0.3, 0.4) is 0 Å². The monoisotopic (exact) mass is 309 g/mol. The predicted octanol–water partition coefficient (Wildman–Crippen LogP) is 3.42. The van der Waals surface area contributed by atoms with Crippen LogP contribution < -0.4 is 14.4 Å². The first-order valence-electron chi connectivity index (χ1n) is 7.42. The van der Waals surface area contributed by atoms with Gasteiger partial charge in [0.25, 0.3) is 0 Å². The molecule has 0 fully saturated rings. The number of hydrogen-bond acceptors (Lipinski definition) is 4. The first-order valence-corrected chi connectivity index (χ1v) is 7.42. The van der Waals surface area contributed by atoms with Crippen LogP contribution in [-0.2, 0) is 0 Å². The van der Waals surface area contributed by atoms with Crippen molar-refractivity contribution in [3.8, 4) is 11.5 Å². The molecule has 0 N–H and O–H groups in total. The number of fused-ring (bicyclic) bond motifs is 1. The van der Waals surface area contributed by atoms with Gasteiger partial charge in [-0.15, -0.1) is 0 Å². The Balaban J connectivity index is 1.90. The molecule has 0 bridgehead atoms. The van der Waals surface area contributed by atoms with E-state index >= 15 is 0 Å². The van der Waals surface area contributed by atoms with Gasteiger partial charge in [0.1, 0.15) is 18.1 Å². The van der Waals surface area contributed by atoms with E-state index in [0.29, 0.717) is 22.6 Å². The Morgan fingerprint density at radius 3 is 2.52 bits per heavy atom. The Bertz CT molecular complexity index is 761. The third-order valence-electron chi connectivity index (χ3n) is 3.86. The molecule has 2 aromatic rings. The largest absolute Gasteiger partial charge is 0.497 e. The van der Waals surface area contributed by atoms with Gasteiger partial charge in [0.15, 0.2) is 5.78 Å². The molecule has 0 atom stereocenters. The maximum absolute atomic E-state index is 12.7. The smallest absolute Gasteiger partial charge is 0.196 e. The second-order valence-electron chi connectivity index (χ2n) is 5.64. The van der Waals surface area contributed by atoms with Crippen molar-refractivity contribution in [1.29, 1.82) is 0 Å². The zero-order valence-electron chi connectivity index (χ0n) is 13.5. The third-order valence-corrected chi connectivity index (χ3v) is 3.86. The van der Waals surface area contributed by atoms with E-state index in [0.717, 1.165) is 11.3 Å². The zero-order chi connectivity index (χ0) is 16.4. The topological polar surface area (TPSA) is 38.8 Å². The molecule has 0 aromatic heterocycles. The van der Waals surface area contributed by atoms with E-state index in [4.69, 9.17) is 9.47 Å². The summed E-state index contributed by atoms with van der Waals surface area (Å²) < 4.78 is 10.9. The predicted molar refractivity (Wildman–Crippen MR) is 91.6 cm³/mol. The number of methoxy groups -OCH3 is 1. The molecule has 0 saturated carbocycles. The van der Waals surface area contributed by atoms with E-state index in [1.807, 2.05) is 49.3 Å². The van der Waals surface area contributed by atoms with Crippen LogP contribution >= 0.6 is 0 Å². The highest BCUT2D eigenvalue weighted by molar-refractivity contribution is 6.14. The Kier molecular flexibility index (Phi) is 4.06. The number of ether oxygens (including phenoxy) is 2. The van der Waals surface area contributed by atoms with Gasteiger partial charge in [-0.2, -0.15) is 0 Å². The van der Waals surface area contributed by atoms with Crippen LogP contribution in [0, 0.1) is 0 Å². The number of carbonyl (C=O) groups is 1. The Morgan fingerprint density at radius 2 is 1.87 bits per heavy atom. The average molecular weight is 309 g/mol. The molecule has 0 spiro atoms. The second kappa shape index (κ2) is 6.16. The number of carbonyl (C=O) groups excluding carboxylic acids is 1. The molecule has 118 valence electrons. The fourth-order valence-corrected chi connectivity index (χ4v) is 2.51. The molecule has 1 heterocycles. The molecular formula is C19H19NO3. The minimum absolute atomic E-state index is 0.0122. The summed E-state index contributed by atoms with van der Waals surface area (Å²) >= 11 is 0. The molecule has 0 radical (unpaired) electrons. The van der Waals surface area contributed by atoms with Gasteiger partial charge in [0.05, 0.1) is 12.7 Å². The molecule has 4 nitrogen and oxygen atoms in total. The standard InChI is InChI=1S/C19H19NO3/c1-20(2)15-6-4-13(5-7-15)10-14-12-23-18-9-8-16(22-3)11-17(18)19(14)21/h4-11H,12H2,1-3H3/b14-10-. The lowest BCUT2D eigenvalue weighted by atomic mass is 9.98. The maximum Gasteiger partial charge on any atom is 0.196 e. The average Bonchev–Trinajstić information content (AvgIpc) is 2.57. The maximum atomic E-state index is 12.7. The van der Waals surface area contributed by atoms with Crippen LogP contribution in [0.15, 0.2) is 48.0 Å². The summed E-state index contributed by atoms with van der Waals surface area (Å²) in [7, 11) is 5.57. The SMILES string of the molecule is COc1ccc2c(c1)C(=O)/C(=C\c1ccc(N(C)C)cc1)CO2. The van der Waals surface area contributed by atoms with Crippen LogP contribution in [0.5, 0.6) is 11.5 Å². The number of rotatable bonds is 3. The van der Waals surface area contributed by atoms with Gasteiger partial charge < -0.3 is 14.4 Å². The highest BCUT2D eigenvalue weighted by Gasteiger charge is 2.23. The highest BCUT2D eigenvalue weighted by Crippen LogP contribution is 2.31. The van der Waals surface area contributed by atoms with Crippen molar-refractivity contribution in [1.82, 2.24) is 0 Å². The first kappa shape index (κ1) is 15.2. The number of benzene rings is 2. The lowest BCUT2D eigenvalue weighted by Crippen LogP contribution is -2.19. The zero-order valence-corrected chi connectivity index (χ0v) is 13.5. The van der Waals surface area contributed by atoms with Crippen LogP contribution in [0.1, 0.15) is 15.9 Å².